The lowest BCUT2D eigenvalue weighted by atomic mass is 10.1. The molecule has 0 spiro atoms. The van der Waals surface area contributed by atoms with Gasteiger partial charge in [-0.2, -0.15) is 0 Å². The first kappa shape index (κ1) is 18.1. The Balaban J connectivity index is 2.78. The second kappa shape index (κ2) is 9.13. The zero-order chi connectivity index (χ0) is 15.8. The molecule has 1 rings (SSSR count). The van der Waals surface area contributed by atoms with Crippen molar-refractivity contribution in [3.05, 3.63) is 35.1 Å². The van der Waals surface area contributed by atoms with Gasteiger partial charge in [-0.25, -0.2) is 4.39 Å². The number of nitrogens with zero attached hydrogens (tertiary/aromatic N) is 2. The van der Waals surface area contributed by atoms with Crippen LogP contribution in [0.1, 0.15) is 31.9 Å². The first-order valence-corrected chi connectivity index (χ1v) is 7.84. The highest BCUT2D eigenvalue weighted by Gasteiger charge is 2.15. The van der Waals surface area contributed by atoms with E-state index in [0.29, 0.717) is 12.6 Å². The molecule has 0 aliphatic carbocycles. The van der Waals surface area contributed by atoms with Crippen molar-refractivity contribution in [1.29, 1.82) is 0 Å². The third-order valence-corrected chi connectivity index (χ3v) is 3.72. The van der Waals surface area contributed by atoms with E-state index in [1.807, 2.05) is 12.1 Å². The molecule has 0 fully saturated rings. The Kier molecular flexibility index (Phi) is 7.86. The van der Waals surface area contributed by atoms with Crippen LogP contribution in [0.4, 0.5) is 4.39 Å². The van der Waals surface area contributed by atoms with Crippen LogP contribution in [0.5, 0.6) is 0 Å². The minimum atomic E-state index is -0.106. The van der Waals surface area contributed by atoms with Crippen LogP contribution in [-0.4, -0.2) is 49.6 Å². The monoisotopic (exact) mass is 295 g/mol. The van der Waals surface area contributed by atoms with Gasteiger partial charge in [-0.05, 0) is 45.7 Å². The Morgan fingerprint density at radius 1 is 1.24 bits per heavy atom. The zero-order valence-corrected chi connectivity index (χ0v) is 14.1. The quantitative estimate of drug-likeness (QED) is 0.756. The summed E-state index contributed by atoms with van der Waals surface area (Å²) >= 11 is 0. The highest BCUT2D eigenvalue weighted by atomic mass is 19.1. The molecular formula is C17H30FN3. The minimum absolute atomic E-state index is 0.106. The van der Waals surface area contributed by atoms with Crippen molar-refractivity contribution in [1.82, 2.24) is 15.1 Å². The molecule has 0 heterocycles. The van der Waals surface area contributed by atoms with Crippen LogP contribution < -0.4 is 5.32 Å². The van der Waals surface area contributed by atoms with E-state index in [9.17, 15) is 4.39 Å². The summed E-state index contributed by atoms with van der Waals surface area (Å²) in [6, 6.07) is 5.85. The molecule has 0 aromatic heterocycles. The van der Waals surface area contributed by atoms with Gasteiger partial charge in [0.2, 0.25) is 0 Å². The third-order valence-electron chi connectivity index (χ3n) is 3.72. The van der Waals surface area contributed by atoms with Crippen molar-refractivity contribution in [3.63, 3.8) is 0 Å². The van der Waals surface area contributed by atoms with E-state index >= 15 is 0 Å². The average molecular weight is 295 g/mol. The van der Waals surface area contributed by atoms with Crippen molar-refractivity contribution < 1.29 is 4.39 Å². The summed E-state index contributed by atoms with van der Waals surface area (Å²) in [5, 5.41) is 3.28. The van der Waals surface area contributed by atoms with Crippen LogP contribution in [0, 0.1) is 5.82 Å². The van der Waals surface area contributed by atoms with Crippen LogP contribution >= 0.6 is 0 Å². The summed E-state index contributed by atoms with van der Waals surface area (Å²) in [5.41, 5.74) is 1.93. The van der Waals surface area contributed by atoms with Crippen LogP contribution in [-0.2, 0) is 13.1 Å². The zero-order valence-electron chi connectivity index (χ0n) is 14.1. The topological polar surface area (TPSA) is 18.5 Å². The Hall–Kier alpha value is -0.970. The molecule has 0 radical (unpaired) electrons. The number of halogens is 1. The number of rotatable bonds is 9. The third kappa shape index (κ3) is 6.12. The van der Waals surface area contributed by atoms with Crippen molar-refractivity contribution >= 4 is 0 Å². The number of nitrogens with one attached hydrogen (secondary N) is 1. The van der Waals surface area contributed by atoms with E-state index in [2.05, 4.69) is 50.0 Å². The molecule has 1 aromatic carbocycles. The largest absolute Gasteiger partial charge is 0.313 e. The summed E-state index contributed by atoms with van der Waals surface area (Å²) in [7, 11) is 4.14. The highest BCUT2D eigenvalue weighted by molar-refractivity contribution is 5.25. The van der Waals surface area contributed by atoms with Crippen molar-refractivity contribution in [2.75, 3.05) is 33.7 Å². The van der Waals surface area contributed by atoms with Crippen LogP contribution in [0.3, 0.4) is 0 Å². The van der Waals surface area contributed by atoms with Crippen molar-refractivity contribution in [3.8, 4) is 0 Å². The molecule has 1 unspecified atom stereocenters. The molecule has 0 aliphatic rings. The van der Waals surface area contributed by atoms with Crippen LogP contribution in [0.15, 0.2) is 18.2 Å². The van der Waals surface area contributed by atoms with Crippen molar-refractivity contribution in [2.24, 2.45) is 0 Å². The summed E-state index contributed by atoms with van der Waals surface area (Å²) in [4.78, 5) is 4.49. The van der Waals surface area contributed by atoms with Gasteiger partial charge in [0.15, 0.2) is 0 Å². The highest BCUT2D eigenvalue weighted by Crippen LogP contribution is 2.15. The van der Waals surface area contributed by atoms with E-state index in [-0.39, 0.29) is 5.82 Å². The number of hydrogen-bond donors (Lipinski definition) is 1. The Labute approximate surface area is 129 Å². The molecule has 1 aromatic rings. The van der Waals surface area contributed by atoms with Crippen LogP contribution in [0.25, 0.3) is 0 Å². The van der Waals surface area contributed by atoms with Crippen LogP contribution in [0.2, 0.25) is 0 Å². The second-order valence-corrected chi connectivity index (χ2v) is 5.88. The van der Waals surface area contributed by atoms with Gasteiger partial charge in [0.25, 0.3) is 0 Å². The van der Waals surface area contributed by atoms with E-state index < -0.39 is 0 Å². The molecule has 0 saturated heterocycles. The number of hydrogen-bond acceptors (Lipinski definition) is 3. The van der Waals surface area contributed by atoms with E-state index in [1.54, 1.807) is 6.07 Å². The average Bonchev–Trinajstić information content (AvgIpc) is 2.44. The second-order valence-electron chi connectivity index (χ2n) is 5.88. The van der Waals surface area contributed by atoms with Gasteiger partial charge in [-0.3, -0.25) is 4.90 Å². The Bertz CT molecular complexity index is 420. The molecule has 1 N–H and O–H groups in total. The van der Waals surface area contributed by atoms with Gasteiger partial charge in [-0.15, -0.1) is 0 Å². The predicted molar refractivity (Wildman–Crippen MR) is 87.9 cm³/mol. The SMILES string of the molecule is CCNCc1ccc(F)c(CN(CC)C(C)CN(C)C)c1. The van der Waals surface area contributed by atoms with Gasteiger partial charge in [0.05, 0.1) is 0 Å². The molecule has 120 valence electrons. The molecular weight excluding hydrogens is 265 g/mol. The van der Waals surface area contributed by atoms with E-state index in [4.69, 9.17) is 0 Å². The fourth-order valence-corrected chi connectivity index (χ4v) is 2.57. The first-order chi connectivity index (χ1) is 9.97. The van der Waals surface area contributed by atoms with Crippen molar-refractivity contribution in [2.45, 2.75) is 39.9 Å². The molecule has 0 amide bonds. The lowest BCUT2D eigenvalue weighted by Crippen LogP contribution is -2.39. The lowest BCUT2D eigenvalue weighted by Gasteiger charge is -2.30. The summed E-state index contributed by atoms with van der Waals surface area (Å²) in [5.74, 6) is -0.106. The maximum atomic E-state index is 14.1. The fraction of sp³-hybridized carbons (Fsp3) is 0.647. The van der Waals surface area contributed by atoms with Gasteiger partial charge in [-0.1, -0.05) is 26.0 Å². The lowest BCUT2D eigenvalue weighted by molar-refractivity contribution is 0.172. The summed E-state index contributed by atoms with van der Waals surface area (Å²) in [6.07, 6.45) is 0. The van der Waals surface area contributed by atoms with Gasteiger partial charge in [0.1, 0.15) is 5.82 Å². The van der Waals surface area contributed by atoms with Gasteiger partial charge in [0, 0.05) is 31.2 Å². The molecule has 4 heteroatoms. The molecule has 21 heavy (non-hydrogen) atoms. The molecule has 0 aliphatic heterocycles. The molecule has 0 bridgehead atoms. The number of benzene rings is 1. The maximum Gasteiger partial charge on any atom is 0.127 e. The molecule has 0 saturated carbocycles. The summed E-state index contributed by atoms with van der Waals surface area (Å²) < 4.78 is 14.1. The molecule has 3 nitrogen and oxygen atoms in total. The summed E-state index contributed by atoms with van der Waals surface area (Å²) in [6.45, 7) is 10.7. The van der Waals surface area contributed by atoms with Gasteiger partial charge >= 0.3 is 0 Å². The van der Waals surface area contributed by atoms with E-state index in [1.165, 1.54) is 0 Å². The number of likely N-dealkylation sites (N-methyl/N-ethyl adjacent to an activating group) is 2. The Morgan fingerprint density at radius 3 is 2.52 bits per heavy atom. The fourth-order valence-electron chi connectivity index (χ4n) is 2.57. The normalized spacial score (nSPS) is 13.1. The maximum absolute atomic E-state index is 14.1. The smallest absolute Gasteiger partial charge is 0.127 e. The van der Waals surface area contributed by atoms with Gasteiger partial charge < -0.3 is 10.2 Å². The Morgan fingerprint density at radius 2 is 1.95 bits per heavy atom. The van der Waals surface area contributed by atoms with E-state index in [0.717, 1.165) is 37.3 Å². The first-order valence-electron chi connectivity index (χ1n) is 7.84. The predicted octanol–water partition coefficient (Wildman–Crippen LogP) is 2.71. The standard InChI is InChI=1S/C17H30FN3/c1-6-19-11-15-8-9-17(18)16(10-15)13-21(7-2)14(3)12-20(4)5/h8-10,14,19H,6-7,11-13H2,1-5H3. The molecule has 1 atom stereocenters. The minimum Gasteiger partial charge on any atom is -0.313 e.